The summed E-state index contributed by atoms with van der Waals surface area (Å²) in [4.78, 5) is 16.7. The number of carbonyl (C=O) groups is 1. The topological polar surface area (TPSA) is 59.8 Å². The largest absolute Gasteiger partial charge is 0.324 e. The molecule has 120 valence electrons. The van der Waals surface area contributed by atoms with E-state index in [4.69, 9.17) is 0 Å². The molecular formula is C18H15BrN4O. The molecule has 0 spiro atoms. The van der Waals surface area contributed by atoms with Crippen LogP contribution in [0.1, 0.15) is 17.9 Å². The van der Waals surface area contributed by atoms with Crippen LogP contribution in [0.5, 0.6) is 0 Å². The number of amides is 1. The summed E-state index contributed by atoms with van der Waals surface area (Å²) < 4.78 is 2.72. The highest BCUT2D eigenvalue weighted by atomic mass is 79.9. The zero-order valence-electron chi connectivity index (χ0n) is 12.8. The molecule has 0 radical (unpaired) electrons. The lowest BCUT2D eigenvalue weighted by Crippen LogP contribution is -2.15. The van der Waals surface area contributed by atoms with Crippen LogP contribution < -0.4 is 5.32 Å². The van der Waals surface area contributed by atoms with E-state index in [9.17, 15) is 4.79 Å². The van der Waals surface area contributed by atoms with Gasteiger partial charge in [-0.25, -0.2) is 9.67 Å². The van der Waals surface area contributed by atoms with Gasteiger partial charge in [-0.05, 0) is 48.2 Å². The molecule has 1 saturated carbocycles. The van der Waals surface area contributed by atoms with Crippen molar-refractivity contribution in [3.05, 3.63) is 71.1 Å². The van der Waals surface area contributed by atoms with E-state index >= 15 is 0 Å². The Morgan fingerprint density at radius 2 is 2.17 bits per heavy atom. The number of hydrogen-bond acceptors (Lipinski definition) is 3. The van der Waals surface area contributed by atoms with Gasteiger partial charge < -0.3 is 5.32 Å². The number of halogens is 1. The van der Waals surface area contributed by atoms with Gasteiger partial charge in [0.25, 0.3) is 0 Å². The van der Waals surface area contributed by atoms with Crippen LogP contribution in [0.3, 0.4) is 0 Å². The van der Waals surface area contributed by atoms with E-state index in [1.807, 2.05) is 36.5 Å². The zero-order valence-corrected chi connectivity index (χ0v) is 14.3. The number of carbonyl (C=O) groups excluding carboxylic acids is 1. The second kappa shape index (κ2) is 6.20. The Morgan fingerprint density at radius 3 is 2.88 bits per heavy atom. The van der Waals surface area contributed by atoms with E-state index in [1.165, 1.54) is 5.56 Å². The maximum Gasteiger partial charge on any atom is 0.228 e. The molecule has 0 bridgehead atoms. The maximum absolute atomic E-state index is 12.4. The summed E-state index contributed by atoms with van der Waals surface area (Å²) in [5, 5.41) is 7.08. The van der Waals surface area contributed by atoms with Crippen molar-refractivity contribution in [2.75, 3.05) is 5.32 Å². The van der Waals surface area contributed by atoms with Crippen LogP contribution in [-0.4, -0.2) is 20.7 Å². The van der Waals surface area contributed by atoms with Crippen molar-refractivity contribution in [1.82, 2.24) is 14.8 Å². The molecule has 2 aromatic heterocycles. The van der Waals surface area contributed by atoms with Crippen LogP contribution in [0.25, 0.3) is 5.82 Å². The van der Waals surface area contributed by atoms with Crippen LogP contribution in [-0.2, 0) is 4.79 Å². The van der Waals surface area contributed by atoms with Gasteiger partial charge in [0, 0.05) is 22.8 Å². The van der Waals surface area contributed by atoms with Crippen LogP contribution in [0.4, 0.5) is 5.69 Å². The number of pyridine rings is 1. The zero-order chi connectivity index (χ0) is 16.5. The molecule has 0 saturated heterocycles. The summed E-state index contributed by atoms with van der Waals surface area (Å²) in [5.74, 6) is 1.11. The third-order valence-corrected chi connectivity index (χ3v) is 4.65. The minimum atomic E-state index is 0.0325. The number of nitrogens with zero attached hydrogens (tertiary/aromatic N) is 3. The summed E-state index contributed by atoms with van der Waals surface area (Å²) in [6.07, 6.45) is 6.08. The first-order chi connectivity index (χ1) is 11.7. The molecule has 2 atom stereocenters. The fourth-order valence-corrected chi connectivity index (χ4v) is 3.24. The molecule has 1 amide bonds. The first-order valence-electron chi connectivity index (χ1n) is 7.73. The Kier molecular flexibility index (Phi) is 3.90. The summed E-state index contributed by atoms with van der Waals surface area (Å²) in [5.41, 5.74) is 1.91. The lowest BCUT2D eigenvalue weighted by molar-refractivity contribution is -0.117. The highest BCUT2D eigenvalue weighted by Crippen LogP contribution is 2.48. The molecule has 3 aromatic rings. The molecule has 24 heavy (non-hydrogen) atoms. The fourth-order valence-electron chi connectivity index (χ4n) is 2.83. The van der Waals surface area contributed by atoms with E-state index in [0.29, 0.717) is 11.6 Å². The molecule has 0 aliphatic heterocycles. The van der Waals surface area contributed by atoms with Gasteiger partial charge in [-0.1, -0.05) is 28.1 Å². The molecule has 1 aromatic carbocycles. The van der Waals surface area contributed by atoms with Crippen molar-refractivity contribution < 1.29 is 4.79 Å². The second-order valence-electron chi connectivity index (χ2n) is 5.85. The van der Waals surface area contributed by atoms with E-state index in [0.717, 1.165) is 16.7 Å². The molecule has 2 unspecified atom stereocenters. The van der Waals surface area contributed by atoms with Crippen LogP contribution in [0.2, 0.25) is 0 Å². The third kappa shape index (κ3) is 3.10. The summed E-state index contributed by atoms with van der Waals surface area (Å²) >= 11 is 3.48. The van der Waals surface area contributed by atoms with Gasteiger partial charge in [0.1, 0.15) is 0 Å². The van der Waals surface area contributed by atoms with Gasteiger partial charge in [-0.3, -0.25) is 4.79 Å². The molecule has 4 rings (SSSR count). The molecule has 6 heteroatoms. The third-order valence-electron chi connectivity index (χ3n) is 4.16. The highest BCUT2D eigenvalue weighted by molar-refractivity contribution is 9.10. The predicted molar refractivity (Wildman–Crippen MR) is 95.0 cm³/mol. The Labute approximate surface area is 147 Å². The highest BCUT2D eigenvalue weighted by Gasteiger charge is 2.43. The first kappa shape index (κ1) is 15.1. The SMILES string of the molecule is O=C(Nc1ccc(-n2cccn2)nc1)C1CC1c1cccc(Br)c1. The molecule has 2 heterocycles. The monoisotopic (exact) mass is 382 g/mol. The summed E-state index contributed by atoms with van der Waals surface area (Å²) in [6.45, 7) is 0. The average molecular weight is 383 g/mol. The van der Waals surface area contributed by atoms with Crippen molar-refractivity contribution in [3.63, 3.8) is 0 Å². The minimum absolute atomic E-state index is 0.0325. The fraction of sp³-hybridized carbons (Fsp3) is 0.167. The van der Waals surface area contributed by atoms with Crippen molar-refractivity contribution in [2.24, 2.45) is 5.92 Å². The Hall–Kier alpha value is -2.47. The number of aromatic nitrogens is 3. The smallest absolute Gasteiger partial charge is 0.228 e. The minimum Gasteiger partial charge on any atom is -0.324 e. The molecule has 1 aliphatic carbocycles. The van der Waals surface area contributed by atoms with Crippen molar-refractivity contribution in [2.45, 2.75) is 12.3 Å². The van der Waals surface area contributed by atoms with Gasteiger partial charge in [0.05, 0.1) is 11.9 Å². The Morgan fingerprint density at radius 1 is 1.25 bits per heavy atom. The molecular weight excluding hydrogens is 368 g/mol. The van der Waals surface area contributed by atoms with Gasteiger partial charge in [0.2, 0.25) is 5.91 Å². The van der Waals surface area contributed by atoms with Crippen LogP contribution in [0.15, 0.2) is 65.5 Å². The average Bonchev–Trinajstić information content (AvgIpc) is 3.22. The number of benzene rings is 1. The predicted octanol–water partition coefficient (Wildman–Crippen LogP) is 3.77. The Bertz CT molecular complexity index is 861. The number of nitrogens with one attached hydrogen (secondary N) is 1. The number of anilines is 1. The van der Waals surface area contributed by atoms with E-state index in [1.54, 1.807) is 17.1 Å². The number of rotatable bonds is 4. The lowest BCUT2D eigenvalue weighted by Gasteiger charge is -2.06. The van der Waals surface area contributed by atoms with Crippen LogP contribution >= 0.6 is 15.9 Å². The number of hydrogen-bond donors (Lipinski definition) is 1. The van der Waals surface area contributed by atoms with Gasteiger partial charge in [0.15, 0.2) is 5.82 Å². The summed E-state index contributed by atoms with van der Waals surface area (Å²) in [6, 6.07) is 13.7. The van der Waals surface area contributed by atoms with Gasteiger partial charge in [-0.15, -0.1) is 0 Å². The molecule has 1 fully saturated rings. The van der Waals surface area contributed by atoms with Crippen LogP contribution in [0, 0.1) is 5.92 Å². The van der Waals surface area contributed by atoms with Crippen molar-refractivity contribution >= 4 is 27.5 Å². The lowest BCUT2D eigenvalue weighted by atomic mass is 10.1. The summed E-state index contributed by atoms with van der Waals surface area (Å²) in [7, 11) is 0. The Balaban J connectivity index is 1.40. The van der Waals surface area contributed by atoms with Gasteiger partial charge in [-0.2, -0.15) is 5.10 Å². The van der Waals surface area contributed by atoms with E-state index < -0.39 is 0 Å². The standard InChI is InChI=1S/C18H15BrN4O/c19-13-4-1-3-12(9-13)15-10-16(15)18(24)22-14-5-6-17(20-11-14)23-8-2-7-21-23/h1-9,11,15-16H,10H2,(H,22,24). The molecule has 1 aliphatic rings. The quantitative estimate of drug-likeness (QED) is 0.746. The van der Waals surface area contributed by atoms with Gasteiger partial charge >= 0.3 is 0 Å². The second-order valence-corrected chi connectivity index (χ2v) is 6.76. The molecule has 1 N–H and O–H groups in total. The first-order valence-corrected chi connectivity index (χ1v) is 8.52. The van der Waals surface area contributed by atoms with E-state index in [-0.39, 0.29) is 11.8 Å². The van der Waals surface area contributed by atoms with Crippen molar-refractivity contribution in [3.8, 4) is 5.82 Å². The maximum atomic E-state index is 12.4. The molecule has 5 nitrogen and oxygen atoms in total. The normalized spacial score (nSPS) is 19.0. The van der Waals surface area contributed by atoms with Crippen molar-refractivity contribution in [1.29, 1.82) is 0 Å². The van der Waals surface area contributed by atoms with E-state index in [2.05, 4.69) is 43.5 Å².